The summed E-state index contributed by atoms with van der Waals surface area (Å²) in [5.74, 6) is -5.51. The fraction of sp³-hybridized carbons (Fsp3) is 0.294. The first-order valence-corrected chi connectivity index (χ1v) is 15.3. The molecule has 0 unspecified atom stereocenters. The maximum Gasteiger partial charge on any atom is 0.417 e. The lowest BCUT2D eigenvalue weighted by molar-refractivity contribution is -0.143. The number of fused-ring (bicyclic) bond motifs is 2. The highest BCUT2D eigenvalue weighted by Crippen LogP contribution is 2.41. The fourth-order valence-electron chi connectivity index (χ4n) is 6.32. The standard InChI is InChI=1S/C34H29F6N5O5/c1-17-16-50-11-10-44(17)20-13-23(36)28(24(37)14-20)31(46)42-25(33(48)49-3)15-19-5-6-21(30-41-8-9-45(19)30)27-29(34(38,39)40)22-12-18(35)4-7-26(22)43(2)32(27)47/h4-9,12-14,17,25H,10-11,15-16H2,1-3H3,(H,42,46)/t17-,25+/m1/s1. The monoisotopic (exact) mass is 701 g/mol. The SMILES string of the molecule is COC(=O)[C@H](Cc1ccc(-c2c(C(F)(F)F)c3cc(F)ccc3n(C)c2=O)c2nccn12)NC(=O)c1c(F)cc(N2CCOC[C@H]2C)cc1F. The number of hydrogen-bond acceptors (Lipinski definition) is 7. The predicted octanol–water partition coefficient (Wildman–Crippen LogP) is 5.03. The molecule has 10 nitrogen and oxygen atoms in total. The number of alkyl halides is 3. The zero-order chi connectivity index (χ0) is 36.1. The average molecular weight is 702 g/mol. The van der Waals surface area contributed by atoms with Crippen LogP contribution in [-0.2, 0) is 33.9 Å². The van der Waals surface area contributed by atoms with Gasteiger partial charge in [-0.2, -0.15) is 13.2 Å². The van der Waals surface area contributed by atoms with Crippen molar-refractivity contribution in [2.24, 2.45) is 7.05 Å². The van der Waals surface area contributed by atoms with Crippen LogP contribution in [0.4, 0.5) is 32.0 Å². The van der Waals surface area contributed by atoms with Crippen LogP contribution in [0.25, 0.3) is 27.7 Å². The number of carbonyl (C=O) groups is 2. The van der Waals surface area contributed by atoms with Gasteiger partial charge in [0.25, 0.3) is 11.5 Å². The summed E-state index contributed by atoms with van der Waals surface area (Å²) in [5, 5.41) is 1.76. The van der Waals surface area contributed by atoms with E-state index in [9.17, 15) is 31.9 Å². The molecule has 0 bridgehead atoms. The van der Waals surface area contributed by atoms with E-state index in [-0.39, 0.29) is 40.6 Å². The van der Waals surface area contributed by atoms with E-state index >= 15 is 8.78 Å². The Labute approximate surface area is 279 Å². The number of halogens is 6. The molecular weight excluding hydrogens is 672 g/mol. The molecule has 0 radical (unpaired) electrons. The van der Waals surface area contributed by atoms with Crippen LogP contribution in [0, 0.1) is 17.5 Å². The van der Waals surface area contributed by atoms with Gasteiger partial charge >= 0.3 is 12.1 Å². The number of benzene rings is 2. The van der Waals surface area contributed by atoms with Gasteiger partial charge < -0.3 is 28.7 Å². The summed E-state index contributed by atoms with van der Waals surface area (Å²) in [7, 11) is 2.29. The van der Waals surface area contributed by atoms with Gasteiger partial charge in [0.1, 0.15) is 34.7 Å². The number of carbonyl (C=O) groups excluding carboxylic acids is 2. The largest absolute Gasteiger partial charge is 0.467 e. The van der Waals surface area contributed by atoms with Crippen LogP contribution in [0.3, 0.4) is 0 Å². The highest BCUT2D eigenvalue weighted by molar-refractivity contribution is 5.98. The Hall–Kier alpha value is -5.38. The van der Waals surface area contributed by atoms with Gasteiger partial charge in [0, 0.05) is 60.8 Å². The molecule has 0 aliphatic carbocycles. The summed E-state index contributed by atoms with van der Waals surface area (Å²) in [4.78, 5) is 45.4. The summed E-state index contributed by atoms with van der Waals surface area (Å²) >= 11 is 0. The van der Waals surface area contributed by atoms with E-state index in [0.29, 0.717) is 25.8 Å². The minimum absolute atomic E-state index is 0.124. The number of nitrogens with one attached hydrogen (secondary N) is 1. The van der Waals surface area contributed by atoms with Gasteiger partial charge in [0.05, 0.1) is 37.0 Å². The third-order valence-corrected chi connectivity index (χ3v) is 8.70. The van der Waals surface area contributed by atoms with Gasteiger partial charge in [0.2, 0.25) is 0 Å². The Kier molecular flexibility index (Phi) is 9.07. The molecule has 5 aromatic rings. The molecule has 1 fully saturated rings. The molecule has 3 aromatic heterocycles. The summed E-state index contributed by atoms with van der Waals surface area (Å²) in [5.41, 5.74) is -4.19. The first-order valence-electron chi connectivity index (χ1n) is 15.3. The number of esters is 1. The fourth-order valence-corrected chi connectivity index (χ4v) is 6.32. The Balaban J connectivity index is 1.38. The normalized spacial score (nSPS) is 15.8. The first kappa shape index (κ1) is 34.5. The highest BCUT2D eigenvalue weighted by Gasteiger charge is 2.39. The number of amides is 1. The number of rotatable bonds is 7. The van der Waals surface area contributed by atoms with E-state index in [1.165, 1.54) is 36.0 Å². The van der Waals surface area contributed by atoms with Gasteiger partial charge in [-0.15, -0.1) is 0 Å². The zero-order valence-corrected chi connectivity index (χ0v) is 26.8. The number of nitrogens with zero attached hydrogens (tertiary/aromatic N) is 4. The van der Waals surface area contributed by atoms with Crippen LogP contribution in [0.1, 0.15) is 28.5 Å². The maximum atomic E-state index is 15.3. The summed E-state index contributed by atoms with van der Waals surface area (Å²) in [6.07, 6.45) is -2.85. The lowest BCUT2D eigenvalue weighted by Gasteiger charge is -2.35. The second kappa shape index (κ2) is 13.2. The average Bonchev–Trinajstić information content (AvgIpc) is 3.56. The van der Waals surface area contributed by atoms with Crippen LogP contribution in [0.2, 0.25) is 0 Å². The second-order valence-electron chi connectivity index (χ2n) is 11.8. The lowest BCUT2D eigenvalue weighted by atomic mass is 9.96. The van der Waals surface area contributed by atoms with Gasteiger partial charge in [-0.1, -0.05) is 0 Å². The quantitative estimate of drug-likeness (QED) is 0.188. The minimum atomic E-state index is -5.08. The topological polar surface area (TPSA) is 107 Å². The molecule has 262 valence electrons. The van der Waals surface area contributed by atoms with Crippen LogP contribution in [0.5, 0.6) is 0 Å². The van der Waals surface area contributed by atoms with Crippen molar-refractivity contribution in [1.82, 2.24) is 19.3 Å². The zero-order valence-electron chi connectivity index (χ0n) is 26.8. The van der Waals surface area contributed by atoms with Gasteiger partial charge in [0.15, 0.2) is 0 Å². The van der Waals surface area contributed by atoms with Gasteiger partial charge in [-0.25, -0.2) is 22.9 Å². The van der Waals surface area contributed by atoms with Crippen molar-refractivity contribution in [3.05, 3.63) is 99.5 Å². The molecule has 0 saturated carbocycles. The van der Waals surface area contributed by atoms with E-state index < -0.39 is 69.2 Å². The molecule has 16 heteroatoms. The second-order valence-corrected chi connectivity index (χ2v) is 11.8. The summed E-state index contributed by atoms with van der Waals surface area (Å²) in [6.45, 7) is 2.89. The molecule has 0 spiro atoms. The van der Waals surface area contributed by atoms with Crippen molar-refractivity contribution in [1.29, 1.82) is 0 Å². The van der Waals surface area contributed by atoms with Crippen LogP contribution < -0.4 is 15.8 Å². The summed E-state index contributed by atoms with van der Waals surface area (Å²) in [6, 6.07) is 5.55. The maximum absolute atomic E-state index is 15.3. The molecule has 2 atom stereocenters. The third kappa shape index (κ3) is 6.14. The summed E-state index contributed by atoms with van der Waals surface area (Å²) < 4.78 is 101. The Morgan fingerprint density at radius 2 is 1.82 bits per heavy atom. The number of aromatic nitrogens is 3. The molecule has 50 heavy (non-hydrogen) atoms. The molecule has 1 amide bonds. The molecule has 2 aromatic carbocycles. The van der Waals surface area contributed by atoms with Crippen molar-refractivity contribution in [2.45, 2.75) is 31.6 Å². The minimum Gasteiger partial charge on any atom is -0.467 e. The number of imidazole rings is 1. The van der Waals surface area contributed by atoms with Gasteiger partial charge in [-0.3, -0.25) is 9.59 Å². The van der Waals surface area contributed by atoms with E-state index in [4.69, 9.17) is 9.47 Å². The molecule has 6 rings (SSSR count). The van der Waals surface area contributed by atoms with Crippen molar-refractivity contribution >= 4 is 34.1 Å². The van der Waals surface area contributed by atoms with Crippen molar-refractivity contribution in [3.63, 3.8) is 0 Å². The van der Waals surface area contributed by atoms with E-state index in [1.807, 2.05) is 6.92 Å². The molecule has 4 heterocycles. The van der Waals surface area contributed by atoms with Crippen LogP contribution in [0.15, 0.2) is 59.7 Å². The highest BCUT2D eigenvalue weighted by atomic mass is 19.4. The Morgan fingerprint density at radius 1 is 1.10 bits per heavy atom. The van der Waals surface area contributed by atoms with E-state index in [2.05, 4.69) is 10.3 Å². The predicted molar refractivity (Wildman–Crippen MR) is 169 cm³/mol. The molecule has 1 aliphatic heterocycles. The van der Waals surface area contributed by atoms with Gasteiger partial charge in [-0.05, 0) is 49.4 Å². The molecule has 1 aliphatic rings. The van der Waals surface area contributed by atoms with Crippen LogP contribution >= 0.6 is 0 Å². The Morgan fingerprint density at radius 3 is 2.48 bits per heavy atom. The van der Waals surface area contributed by atoms with Crippen molar-refractivity contribution in [2.75, 3.05) is 31.8 Å². The first-order chi connectivity index (χ1) is 23.7. The molecule has 1 N–H and O–H groups in total. The number of methoxy groups -OCH3 is 1. The van der Waals surface area contributed by atoms with E-state index in [1.54, 1.807) is 4.90 Å². The lowest BCUT2D eigenvalue weighted by Crippen LogP contribution is -2.44. The smallest absolute Gasteiger partial charge is 0.417 e. The van der Waals surface area contributed by atoms with Crippen molar-refractivity contribution < 1.29 is 45.4 Å². The number of hydrogen-bond donors (Lipinski definition) is 1. The number of pyridine rings is 2. The number of anilines is 1. The van der Waals surface area contributed by atoms with Crippen molar-refractivity contribution in [3.8, 4) is 11.1 Å². The van der Waals surface area contributed by atoms with E-state index in [0.717, 1.165) is 35.9 Å². The molecular formula is C34H29F6N5O5. The number of morpholine rings is 1. The third-order valence-electron chi connectivity index (χ3n) is 8.70. The number of aryl methyl sites for hydroxylation is 1. The Bertz CT molecular complexity index is 2190. The number of ether oxygens (including phenoxy) is 2. The van der Waals surface area contributed by atoms with Crippen LogP contribution in [-0.4, -0.2) is 64.8 Å². The molecule has 1 saturated heterocycles.